The molecule has 1 rings (SSSR count). The molecule has 0 aromatic carbocycles. The van der Waals surface area contributed by atoms with Crippen molar-refractivity contribution in [2.24, 2.45) is 0 Å². The lowest BCUT2D eigenvalue weighted by atomic mass is 10.5. The van der Waals surface area contributed by atoms with Crippen molar-refractivity contribution >= 4 is 17.7 Å². The number of carbonyl (C=O) groups is 1. The van der Waals surface area contributed by atoms with Crippen LogP contribution in [0, 0.1) is 6.26 Å². The number of aromatic nitrogens is 1. The predicted molar refractivity (Wildman–Crippen MR) is 45.5 cm³/mol. The summed E-state index contributed by atoms with van der Waals surface area (Å²) in [7, 11) is 0. The molecular formula is C8H9NO2S+. The zero-order valence-corrected chi connectivity index (χ0v) is 7.25. The molecule has 1 aromatic heterocycles. The predicted octanol–water partition coefficient (Wildman–Crippen LogP) is 0.942. The molecule has 1 heterocycles. The summed E-state index contributed by atoms with van der Waals surface area (Å²) in [5.41, 5.74) is 0. The number of carboxylic acid groups (broad SMARTS) is 1. The van der Waals surface area contributed by atoms with Gasteiger partial charge in [0.15, 0.2) is 6.20 Å². The molecule has 0 bridgehead atoms. The fraction of sp³-hybridized carbons (Fsp3) is 0.125. The Morgan fingerprint density at radius 3 is 3.00 bits per heavy atom. The fourth-order valence-electron chi connectivity index (χ4n) is 0.868. The van der Waals surface area contributed by atoms with Gasteiger partial charge in [-0.1, -0.05) is 11.8 Å². The van der Waals surface area contributed by atoms with Crippen LogP contribution in [-0.2, 0) is 11.3 Å². The largest absolute Gasteiger partial charge is 0.477 e. The molecule has 0 aliphatic carbocycles. The summed E-state index contributed by atoms with van der Waals surface area (Å²) >= 11 is 1.29. The van der Waals surface area contributed by atoms with Crippen LogP contribution in [-0.4, -0.2) is 11.1 Å². The summed E-state index contributed by atoms with van der Waals surface area (Å²) < 4.78 is 1.64. The van der Waals surface area contributed by atoms with E-state index in [-0.39, 0.29) is 6.54 Å². The van der Waals surface area contributed by atoms with E-state index in [9.17, 15) is 4.79 Å². The maximum atomic E-state index is 10.4. The number of hydrogen-bond donors (Lipinski definition) is 1. The van der Waals surface area contributed by atoms with E-state index >= 15 is 0 Å². The van der Waals surface area contributed by atoms with Gasteiger partial charge >= 0.3 is 5.97 Å². The number of carboxylic acids is 1. The molecule has 0 atom stereocenters. The van der Waals surface area contributed by atoms with E-state index in [1.54, 1.807) is 16.8 Å². The maximum absolute atomic E-state index is 10.4. The van der Waals surface area contributed by atoms with Crippen LogP contribution < -0.4 is 4.57 Å². The van der Waals surface area contributed by atoms with Crippen molar-refractivity contribution < 1.29 is 14.5 Å². The van der Waals surface area contributed by atoms with Crippen molar-refractivity contribution in [3.05, 3.63) is 30.7 Å². The molecule has 4 heteroatoms. The third-order valence-electron chi connectivity index (χ3n) is 1.35. The van der Waals surface area contributed by atoms with E-state index in [0.29, 0.717) is 0 Å². The summed E-state index contributed by atoms with van der Waals surface area (Å²) in [5.74, 6) is -0.846. The normalized spacial score (nSPS) is 9.75. The van der Waals surface area contributed by atoms with Crippen LogP contribution >= 0.6 is 11.8 Å². The van der Waals surface area contributed by atoms with Gasteiger partial charge in [0.2, 0.25) is 11.6 Å². The van der Waals surface area contributed by atoms with Gasteiger partial charge in [0.25, 0.3) is 0 Å². The second-order valence-corrected chi connectivity index (χ2v) is 2.91. The molecule has 0 amide bonds. The van der Waals surface area contributed by atoms with E-state index in [4.69, 9.17) is 5.11 Å². The average Bonchev–Trinajstić information content (AvgIpc) is 2.04. The first-order chi connectivity index (χ1) is 5.74. The van der Waals surface area contributed by atoms with Crippen LogP contribution in [0.25, 0.3) is 0 Å². The van der Waals surface area contributed by atoms with Gasteiger partial charge < -0.3 is 5.11 Å². The quantitative estimate of drug-likeness (QED) is 0.560. The Bertz CT molecular complexity index is 288. The highest BCUT2D eigenvalue weighted by Gasteiger charge is 2.11. The number of thioether (sulfide) groups is 1. The number of pyridine rings is 1. The summed E-state index contributed by atoms with van der Waals surface area (Å²) in [4.78, 5) is 10.4. The minimum absolute atomic E-state index is 0.0152. The van der Waals surface area contributed by atoms with Gasteiger partial charge in [-0.2, -0.15) is 4.57 Å². The van der Waals surface area contributed by atoms with Gasteiger partial charge in [0.05, 0.1) is 0 Å². The van der Waals surface area contributed by atoms with Crippen LogP contribution in [0.2, 0.25) is 0 Å². The summed E-state index contributed by atoms with van der Waals surface area (Å²) in [5, 5.41) is 9.38. The first-order valence-electron chi connectivity index (χ1n) is 3.36. The minimum Gasteiger partial charge on any atom is -0.477 e. The topological polar surface area (TPSA) is 41.2 Å². The molecule has 0 fully saturated rings. The third kappa shape index (κ3) is 2.23. The van der Waals surface area contributed by atoms with Crippen molar-refractivity contribution in [2.45, 2.75) is 11.6 Å². The Morgan fingerprint density at radius 1 is 1.67 bits per heavy atom. The molecule has 1 radical (unpaired) electrons. The highest BCUT2D eigenvalue weighted by atomic mass is 32.2. The molecule has 12 heavy (non-hydrogen) atoms. The van der Waals surface area contributed by atoms with Gasteiger partial charge in [0, 0.05) is 18.4 Å². The van der Waals surface area contributed by atoms with Crippen LogP contribution in [0.15, 0.2) is 29.4 Å². The molecule has 1 N–H and O–H groups in total. The molecule has 0 saturated heterocycles. The van der Waals surface area contributed by atoms with Gasteiger partial charge in [-0.3, -0.25) is 0 Å². The van der Waals surface area contributed by atoms with Crippen molar-refractivity contribution in [1.82, 2.24) is 0 Å². The average molecular weight is 183 g/mol. The smallest absolute Gasteiger partial charge is 0.370 e. The number of rotatable bonds is 3. The first kappa shape index (κ1) is 9.06. The number of nitrogens with zero attached hydrogens (tertiary/aromatic N) is 1. The Labute approximate surface area is 75.0 Å². The Morgan fingerprint density at radius 2 is 2.42 bits per heavy atom. The van der Waals surface area contributed by atoms with E-state index in [0.717, 1.165) is 5.03 Å². The lowest BCUT2D eigenvalue weighted by Gasteiger charge is -1.96. The number of hydrogen-bond acceptors (Lipinski definition) is 2. The minimum atomic E-state index is -0.846. The van der Waals surface area contributed by atoms with E-state index < -0.39 is 5.97 Å². The Balaban J connectivity index is 2.89. The molecule has 0 saturated carbocycles. The van der Waals surface area contributed by atoms with Crippen LogP contribution in [0.1, 0.15) is 0 Å². The second kappa shape index (κ2) is 4.11. The van der Waals surface area contributed by atoms with Crippen LogP contribution in [0.3, 0.4) is 0 Å². The lowest BCUT2D eigenvalue weighted by Crippen LogP contribution is -2.39. The van der Waals surface area contributed by atoms with Gasteiger partial charge in [-0.25, -0.2) is 4.79 Å². The number of aliphatic carboxylic acids is 1. The first-order valence-corrected chi connectivity index (χ1v) is 4.35. The molecule has 63 valence electrons. The van der Waals surface area contributed by atoms with E-state index in [2.05, 4.69) is 6.26 Å². The van der Waals surface area contributed by atoms with Crippen molar-refractivity contribution in [2.75, 3.05) is 0 Å². The molecule has 0 aliphatic rings. The molecule has 0 aliphatic heterocycles. The lowest BCUT2D eigenvalue weighted by molar-refractivity contribution is -0.722. The summed E-state index contributed by atoms with van der Waals surface area (Å²) in [6.07, 6.45) is 5.35. The van der Waals surface area contributed by atoms with Crippen molar-refractivity contribution in [3.63, 3.8) is 0 Å². The summed E-state index contributed by atoms with van der Waals surface area (Å²) in [6, 6.07) is 5.48. The van der Waals surface area contributed by atoms with E-state index in [1.165, 1.54) is 11.8 Å². The Hall–Kier alpha value is -1.03. The molecule has 0 spiro atoms. The highest BCUT2D eigenvalue weighted by Crippen LogP contribution is 2.08. The fourth-order valence-corrected chi connectivity index (χ4v) is 1.33. The maximum Gasteiger partial charge on any atom is 0.370 e. The monoisotopic (exact) mass is 183 g/mol. The zero-order valence-electron chi connectivity index (χ0n) is 6.43. The van der Waals surface area contributed by atoms with Crippen LogP contribution in [0.4, 0.5) is 0 Å². The Kier molecular flexibility index (Phi) is 3.10. The third-order valence-corrected chi connectivity index (χ3v) is 2.02. The SMILES string of the molecule is [CH2]Sc1cccc[n+]1CC(=O)O. The second-order valence-electron chi connectivity index (χ2n) is 2.20. The summed E-state index contributed by atoms with van der Waals surface area (Å²) in [6.45, 7) is -0.0152. The standard InChI is InChI=1S/C8H8NO2S/c1-12-7-4-2-3-5-9(7)6-8(10)11/h2-5H,1,6H2/p+1. The van der Waals surface area contributed by atoms with Crippen molar-refractivity contribution in [3.8, 4) is 0 Å². The zero-order chi connectivity index (χ0) is 8.97. The van der Waals surface area contributed by atoms with Gasteiger partial charge in [-0.15, -0.1) is 0 Å². The molecule has 0 unspecified atom stereocenters. The van der Waals surface area contributed by atoms with E-state index in [1.807, 2.05) is 12.1 Å². The highest BCUT2D eigenvalue weighted by molar-refractivity contribution is 8.00. The molecule has 1 aromatic rings. The van der Waals surface area contributed by atoms with Gasteiger partial charge in [0.1, 0.15) is 0 Å². The van der Waals surface area contributed by atoms with Gasteiger partial charge in [-0.05, 0) is 6.07 Å². The van der Waals surface area contributed by atoms with Crippen LogP contribution in [0.5, 0.6) is 0 Å². The molecule has 3 nitrogen and oxygen atoms in total. The molecular weight excluding hydrogens is 174 g/mol. The van der Waals surface area contributed by atoms with Crippen molar-refractivity contribution in [1.29, 1.82) is 0 Å².